The molecule has 150 valence electrons. The highest BCUT2D eigenvalue weighted by atomic mass is 16.5. The summed E-state index contributed by atoms with van der Waals surface area (Å²) >= 11 is 0. The Labute approximate surface area is 167 Å². The molecule has 1 amide bonds. The monoisotopic (exact) mass is 394 g/mol. The predicted octanol–water partition coefficient (Wildman–Crippen LogP) is 1.70. The van der Waals surface area contributed by atoms with Crippen LogP contribution in [0.1, 0.15) is 15.9 Å². The zero-order valence-corrected chi connectivity index (χ0v) is 16.1. The average Bonchev–Trinajstić information content (AvgIpc) is 2.78. The van der Waals surface area contributed by atoms with Crippen LogP contribution in [-0.2, 0) is 11.3 Å². The number of benzene rings is 2. The number of hydrogen-bond acceptors (Lipinski definition) is 6. The number of anilines is 1. The molecule has 0 unspecified atom stereocenters. The van der Waals surface area contributed by atoms with Gasteiger partial charge in [-0.1, -0.05) is 12.1 Å². The second kappa shape index (κ2) is 8.32. The van der Waals surface area contributed by atoms with Gasteiger partial charge in [0.15, 0.2) is 0 Å². The number of amides is 1. The zero-order chi connectivity index (χ0) is 20.2. The fraction of sp³-hybridized carbons (Fsp3) is 0.286. The molecule has 0 spiro atoms. The van der Waals surface area contributed by atoms with Gasteiger partial charge >= 0.3 is 0 Å². The van der Waals surface area contributed by atoms with E-state index < -0.39 is 0 Å². The van der Waals surface area contributed by atoms with Crippen LogP contribution in [-0.4, -0.2) is 49.3 Å². The number of methoxy groups -OCH3 is 1. The number of nitrogens with zero attached hydrogens (tertiary/aromatic N) is 2. The van der Waals surface area contributed by atoms with Crippen molar-refractivity contribution in [1.82, 2.24) is 15.3 Å². The van der Waals surface area contributed by atoms with Crippen LogP contribution in [0.3, 0.4) is 0 Å². The van der Waals surface area contributed by atoms with E-state index in [1.54, 1.807) is 25.3 Å². The summed E-state index contributed by atoms with van der Waals surface area (Å²) in [5, 5.41) is 3.34. The van der Waals surface area contributed by atoms with Gasteiger partial charge in [0.2, 0.25) is 5.95 Å². The average molecular weight is 394 g/mol. The van der Waals surface area contributed by atoms with Crippen LogP contribution in [0.5, 0.6) is 5.75 Å². The van der Waals surface area contributed by atoms with E-state index in [2.05, 4.69) is 15.3 Å². The highest BCUT2D eigenvalue weighted by Gasteiger charge is 2.16. The highest BCUT2D eigenvalue weighted by Crippen LogP contribution is 2.16. The Morgan fingerprint density at radius 1 is 1.21 bits per heavy atom. The lowest BCUT2D eigenvalue weighted by molar-refractivity contribution is 0.0951. The quantitative estimate of drug-likeness (QED) is 0.684. The molecule has 0 aliphatic carbocycles. The molecule has 3 aromatic rings. The Morgan fingerprint density at radius 3 is 2.69 bits per heavy atom. The van der Waals surface area contributed by atoms with Gasteiger partial charge in [-0.25, -0.2) is 4.98 Å². The molecular formula is C21H22N4O4. The van der Waals surface area contributed by atoms with E-state index in [9.17, 15) is 9.59 Å². The summed E-state index contributed by atoms with van der Waals surface area (Å²) in [6.07, 6.45) is 0. The van der Waals surface area contributed by atoms with Gasteiger partial charge in [0.1, 0.15) is 5.75 Å². The van der Waals surface area contributed by atoms with Crippen molar-refractivity contribution >= 4 is 22.8 Å². The van der Waals surface area contributed by atoms with Crippen molar-refractivity contribution in [2.75, 3.05) is 38.3 Å². The zero-order valence-electron chi connectivity index (χ0n) is 16.1. The molecule has 0 radical (unpaired) electrons. The normalized spacial score (nSPS) is 14.0. The number of fused-ring (bicyclic) bond motifs is 1. The lowest BCUT2D eigenvalue weighted by Gasteiger charge is -2.27. The molecule has 2 N–H and O–H groups in total. The summed E-state index contributed by atoms with van der Waals surface area (Å²) < 4.78 is 10.5. The molecule has 0 atom stereocenters. The molecule has 1 aliphatic heterocycles. The predicted molar refractivity (Wildman–Crippen MR) is 110 cm³/mol. The number of carbonyl (C=O) groups excluding carboxylic acids is 1. The van der Waals surface area contributed by atoms with E-state index in [1.165, 1.54) is 0 Å². The minimum absolute atomic E-state index is 0.221. The van der Waals surface area contributed by atoms with Crippen molar-refractivity contribution < 1.29 is 14.3 Å². The lowest BCUT2D eigenvalue weighted by atomic mass is 10.1. The third kappa shape index (κ3) is 4.22. The molecule has 0 saturated carbocycles. The van der Waals surface area contributed by atoms with Crippen LogP contribution in [0.15, 0.2) is 47.3 Å². The van der Waals surface area contributed by atoms with Gasteiger partial charge in [-0.3, -0.25) is 14.6 Å². The van der Waals surface area contributed by atoms with Gasteiger partial charge in [-0.2, -0.15) is 0 Å². The molecule has 1 aliphatic rings. The number of aromatic amines is 1. The van der Waals surface area contributed by atoms with Gasteiger partial charge in [0.05, 0.1) is 31.2 Å². The maximum Gasteiger partial charge on any atom is 0.260 e. The van der Waals surface area contributed by atoms with E-state index in [0.29, 0.717) is 55.3 Å². The van der Waals surface area contributed by atoms with Crippen LogP contribution < -0.4 is 20.5 Å². The number of H-pyrrole nitrogens is 1. The van der Waals surface area contributed by atoms with Gasteiger partial charge in [-0.15, -0.1) is 0 Å². The van der Waals surface area contributed by atoms with Crippen molar-refractivity contribution in [1.29, 1.82) is 0 Å². The first kappa shape index (κ1) is 18.9. The minimum atomic E-state index is -0.224. The fourth-order valence-electron chi connectivity index (χ4n) is 3.22. The number of ether oxygens (including phenoxy) is 2. The standard InChI is InChI=1S/C21H22N4O4/c1-28-16-5-2-14(3-6-16)13-22-19(26)15-4-7-17-18(12-15)23-21(24-20(17)27)25-8-10-29-11-9-25/h2-7,12H,8-11,13H2,1H3,(H,22,26)(H,23,24,27). The Kier molecular flexibility index (Phi) is 5.44. The molecule has 0 bridgehead atoms. The van der Waals surface area contributed by atoms with Gasteiger partial charge in [-0.05, 0) is 35.9 Å². The van der Waals surface area contributed by atoms with Crippen LogP contribution in [0.2, 0.25) is 0 Å². The van der Waals surface area contributed by atoms with E-state index >= 15 is 0 Å². The summed E-state index contributed by atoms with van der Waals surface area (Å²) in [6, 6.07) is 12.4. The molecule has 8 heteroatoms. The number of hydrogen-bond donors (Lipinski definition) is 2. The summed E-state index contributed by atoms with van der Waals surface area (Å²) in [4.78, 5) is 34.4. The maximum absolute atomic E-state index is 12.6. The summed E-state index contributed by atoms with van der Waals surface area (Å²) in [7, 11) is 1.61. The topological polar surface area (TPSA) is 96.5 Å². The summed E-state index contributed by atoms with van der Waals surface area (Å²) in [5.74, 6) is 1.04. The molecule has 1 aromatic heterocycles. The van der Waals surface area contributed by atoms with Gasteiger partial charge < -0.3 is 19.7 Å². The van der Waals surface area contributed by atoms with Crippen molar-refractivity contribution in [3.8, 4) is 5.75 Å². The molecule has 1 fully saturated rings. The van der Waals surface area contributed by atoms with Crippen molar-refractivity contribution in [2.45, 2.75) is 6.54 Å². The van der Waals surface area contributed by atoms with Gasteiger partial charge in [0, 0.05) is 25.2 Å². The largest absolute Gasteiger partial charge is 0.497 e. The van der Waals surface area contributed by atoms with Gasteiger partial charge in [0.25, 0.3) is 11.5 Å². The Bertz CT molecular complexity index is 1070. The second-order valence-corrected chi connectivity index (χ2v) is 6.75. The molecule has 8 nitrogen and oxygen atoms in total. The number of morpholine rings is 1. The third-order valence-corrected chi connectivity index (χ3v) is 4.88. The number of aromatic nitrogens is 2. The van der Waals surface area contributed by atoms with Crippen molar-refractivity contribution in [3.05, 3.63) is 63.9 Å². The highest BCUT2D eigenvalue weighted by molar-refractivity contribution is 5.97. The molecule has 1 saturated heterocycles. The molecule has 29 heavy (non-hydrogen) atoms. The first-order valence-electron chi connectivity index (χ1n) is 9.42. The van der Waals surface area contributed by atoms with Crippen LogP contribution in [0.25, 0.3) is 10.9 Å². The summed E-state index contributed by atoms with van der Waals surface area (Å²) in [5.41, 5.74) is 1.69. The van der Waals surface area contributed by atoms with E-state index in [-0.39, 0.29) is 11.5 Å². The molecular weight excluding hydrogens is 372 g/mol. The number of carbonyl (C=O) groups is 1. The third-order valence-electron chi connectivity index (χ3n) is 4.88. The lowest BCUT2D eigenvalue weighted by Crippen LogP contribution is -2.38. The van der Waals surface area contributed by atoms with E-state index in [1.807, 2.05) is 29.2 Å². The SMILES string of the molecule is COc1ccc(CNC(=O)c2ccc3c(=O)[nH]c(N4CCOCC4)nc3c2)cc1. The number of nitrogens with one attached hydrogen (secondary N) is 2. The Morgan fingerprint density at radius 2 is 1.97 bits per heavy atom. The maximum atomic E-state index is 12.6. The summed E-state index contributed by atoms with van der Waals surface area (Å²) in [6.45, 7) is 2.90. The van der Waals surface area contributed by atoms with E-state index in [0.717, 1.165) is 11.3 Å². The van der Waals surface area contributed by atoms with Crippen molar-refractivity contribution in [2.24, 2.45) is 0 Å². The van der Waals surface area contributed by atoms with E-state index in [4.69, 9.17) is 9.47 Å². The van der Waals surface area contributed by atoms with Crippen molar-refractivity contribution in [3.63, 3.8) is 0 Å². The fourth-order valence-corrected chi connectivity index (χ4v) is 3.22. The molecule has 2 aromatic carbocycles. The van der Waals surface area contributed by atoms with Crippen LogP contribution in [0, 0.1) is 0 Å². The Hall–Kier alpha value is -3.39. The first-order chi connectivity index (χ1) is 14.1. The van der Waals surface area contributed by atoms with Crippen LogP contribution >= 0.6 is 0 Å². The Balaban J connectivity index is 1.53. The first-order valence-corrected chi connectivity index (χ1v) is 9.42. The number of rotatable bonds is 5. The minimum Gasteiger partial charge on any atom is -0.497 e. The molecule has 2 heterocycles. The smallest absolute Gasteiger partial charge is 0.260 e. The molecule has 4 rings (SSSR count). The second-order valence-electron chi connectivity index (χ2n) is 6.75. The van der Waals surface area contributed by atoms with Crippen LogP contribution in [0.4, 0.5) is 5.95 Å².